The monoisotopic (exact) mass is 556 g/mol. The zero-order chi connectivity index (χ0) is 29.0. The summed E-state index contributed by atoms with van der Waals surface area (Å²) in [6.07, 6.45) is 0. The summed E-state index contributed by atoms with van der Waals surface area (Å²) in [6, 6.07) is 18.9. The predicted octanol–water partition coefficient (Wildman–Crippen LogP) is 3.03. The van der Waals surface area contributed by atoms with Gasteiger partial charge >= 0.3 is 0 Å². The number of aromatic nitrogens is 1. The van der Waals surface area contributed by atoms with Gasteiger partial charge in [0.15, 0.2) is 11.7 Å². The van der Waals surface area contributed by atoms with Gasteiger partial charge in [-0.3, -0.25) is 4.79 Å². The molecule has 2 saturated heterocycles. The number of hydrogen-bond donors (Lipinski definition) is 1. The molecular formula is C31H40N8O2. The molecule has 0 saturated carbocycles. The second-order valence-electron chi connectivity index (χ2n) is 11.4. The number of rotatable bonds is 5. The first-order valence-corrected chi connectivity index (χ1v) is 14.2. The molecule has 0 unspecified atom stereocenters. The Morgan fingerprint density at radius 3 is 2.10 bits per heavy atom. The molecule has 10 heteroatoms. The Bertz CT molecular complexity index is 1400. The van der Waals surface area contributed by atoms with Crippen LogP contribution in [0.2, 0.25) is 0 Å². The van der Waals surface area contributed by atoms with E-state index >= 15 is 0 Å². The zero-order valence-corrected chi connectivity index (χ0v) is 24.5. The molecule has 3 aromatic rings. The lowest BCUT2D eigenvalue weighted by Gasteiger charge is -2.35. The number of aliphatic imine (C=N–C) groups is 2. The Balaban J connectivity index is 1.41. The summed E-state index contributed by atoms with van der Waals surface area (Å²) in [5.41, 5.74) is 8.92. The first kappa shape index (κ1) is 28.5. The van der Waals surface area contributed by atoms with Gasteiger partial charge in [-0.2, -0.15) is 9.98 Å². The Labute approximate surface area is 242 Å². The minimum absolute atomic E-state index is 0.0127. The van der Waals surface area contributed by atoms with Gasteiger partial charge < -0.3 is 29.9 Å². The van der Waals surface area contributed by atoms with Crippen LogP contribution in [0.15, 0.2) is 75.2 Å². The summed E-state index contributed by atoms with van der Waals surface area (Å²) in [6.45, 7) is 11.1. The largest absolute Gasteiger partial charge is 0.369 e. The summed E-state index contributed by atoms with van der Waals surface area (Å²) in [5.74, 6) is 1.36. The number of nitrogens with two attached hydrogens (primary N) is 1. The van der Waals surface area contributed by atoms with Crippen LogP contribution < -0.4 is 5.73 Å². The van der Waals surface area contributed by atoms with E-state index in [1.54, 1.807) is 0 Å². The second kappa shape index (κ2) is 12.2. The highest BCUT2D eigenvalue weighted by Crippen LogP contribution is 2.33. The minimum atomic E-state index is -0.527. The van der Waals surface area contributed by atoms with E-state index in [4.69, 9.17) is 20.2 Å². The number of carbonyl (C=O) groups is 1. The van der Waals surface area contributed by atoms with E-state index in [0.29, 0.717) is 34.6 Å². The molecule has 0 radical (unpaired) electrons. The number of ketones is 1. The van der Waals surface area contributed by atoms with Gasteiger partial charge in [0.1, 0.15) is 0 Å². The molecule has 2 N–H and O–H groups in total. The lowest BCUT2D eigenvalue weighted by molar-refractivity contribution is 0.103. The van der Waals surface area contributed by atoms with E-state index in [1.807, 2.05) is 60.7 Å². The minimum Gasteiger partial charge on any atom is -0.369 e. The van der Waals surface area contributed by atoms with Gasteiger partial charge in [0.05, 0.1) is 5.69 Å². The van der Waals surface area contributed by atoms with Crippen molar-refractivity contribution in [2.45, 2.75) is 19.3 Å². The van der Waals surface area contributed by atoms with Crippen LogP contribution in [-0.2, 0) is 5.41 Å². The molecule has 3 heterocycles. The molecule has 2 aliphatic heterocycles. The highest BCUT2D eigenvalue weighted by atomic mass is 16.5. The average Bonchev–Trinajstić information content (AvgIpc) is 3.47. The first-order valence-electron chi connectivity index (χ1n) is 14.2. The van der Waals surface area contributed by atoms with Gasteiger partial charge in [0.2, 0.25) is 5.96 Å². The number of hydrogen-bond acceptors (Lipinski definition) is 6. The van der Waals surface area contributed by atoms with Crippen molar-refractivity contribution < 1.29 is 9.32 Å². The van der Waals surface area contributed by atoms with Gasteiger partial charge in [-0.15, -0.1) is 0 Å². The molecular weight excluding hydrogens is 516 g/mol. The lowest BCUT2D eigenvalue weighted by Crippen LogP contribution is -2.51. The molecule has 1 aromatic heterocycles. The number of guanidine groups is 2. The smallest absolute Gasteiger partial charge is 0.253 e. The van der Waals surface area contributed by atoms with Crippen molar-refractivity contribution in [1.29, 1.82) is 0 Å². The van der Waals surface area contributed by atoms with Crippen LogP contribution in [0.5, 0.6) is 0 Å². The summed E-state index contributed by atoms with van der Waals surface area (Å²) < 4.78 is 5.73. The van der Waals surface area contributed by atoms with Crippen molar-refractivity contribution in [2.24, 2.45) is 15.7 Å². The second-order valence-corrected chi connectivity index (χ2v) is 11.4. The zero-order valence-electron chi connectivity index (χ0n) is 24.5. The molecule has 216 valence electrons. The molecule has 5 rings (SSSR count). The number of benzene rings is 2. The number of nitrogens with zero attached hydrogens (tertiary/aromatic N) is 7. The molecule has 0 bridgehead atoms. The molecule has 0 aliphatic carbocycles. The van der Waals surface area contributed by atoms with Crippen molar-refractivity contribution in [1.82, 2.24) is 24.8 Å². The van der Waals surface area contributed by atoms with Crippen molar-refractivity contribution in [3.63, 3.8) is 0 Å². The molecule has 10 nitrogen and oxygen atoms in total. The first-order chi connectivity index (χ1) is 19.7. The summed E-state index contributed by atoms with van der Waals surface area (Å²) >= 11 is 0. The number of piperazine rings is 2. The lowest BCUT2D eigenvalue weighted by atomic mass is 9.80. The van der Waals surface area contributed by atoms with Crippen LogP contribution in [0.3, 0.4) is 0 Å². The molecule has 2 aliphatic rings. The quantitative estimate of drug-likeness (QED) is 0.290. The van der Waals surface area contributed by atoms with Crippen molar-refractivity contribution in [3.8, 4) is 0 Å². The van der Waals surface area contributed by atoms with Crippen LogP contribution in [0.4, 0.5) is 5.88 Å². The highest BCUT2D eigenvalue weighted by Gasteiger charge is 2.29. The van der Waals surface area contributed by atoms with Crippen molar-refractivity contribution in [3.05, 3.63) is 83.0 Å². The highest BCUT2D eigenvalue weighted by molar-refractivity contribution is 6.09. The average molecular weight is 557 g/mol. The van der Waals surface area contributed by atoms with Gasteiger partial charge in [-0.05, 0) is 25.7 Å². The Morgan fingerprint density at radius 2 is 1.44 bits per heavy atom. The topological polar surface area (TPSA) is 107 Å². The normalized spacial score (nSPS) is 18.1. The molecule has 0 atom stereocenters. The third-order valence-electron chi connectivity index (χ3n) is 8.06. The maximum Gasteiger partial charge on any atom is 0.253 e. The van der Waals surface area contributed by atoms with E-state index in [0.717, 1.165) is 57.9 Å². The molecule has 2 fully saturated rings. The van der Waals surface area contributed by atoms with Gasteiger partial charge in [-0.1, -0.05) is 67.5 Å². The van der Waals surface area contributed by atoms with E-state index in [2.05, 4.69) is 52.7 Å². The van der Waals surface area contributed by atoms with Crippen LogP contribution >= 0.6 is 0 Å². The van der Waals surface area contributed by atoms with E-state index in [1.165, 1.54) is 0 Å². The standard InChI is InChI=1S/C31H40N8O2/c1-31(2,25-12-8-11-24(21-25)28(40)23-9-6-5-7-10-23)26-22-27(41-35-26)33-30(39-19-15-37(4)16-20-39)34-29(32)38-17-13-36(3)14-18-38/h5-12,21-22H,13-20H2,1-4H3,(H2,32,33,34). The van der Waals surface area contributed by atoms with Gasteiger partial charge in [-0.25, -0.2) is 0 Å². The van der Waals surface area contributed by atoms with Crippen LogP contribution in [0.1, 0.15) is 41.0 Å². The van der Waals surface area contributed by atoms with Crippen LogP contribution in [0, 0.1) is 0 Å². The maximum atomic E-state index is 13.1. The molecule has 41 heavy (non-hydrogen) atoms. The van der Waals surface area contributed by atoms with Gasteiger partial charge in [0, 0.05) is 75.0 Å². The third kappa shape index (κ3) is 6.66. The summed E-state index contributed by atoms with van der Waals surface area (Å²) in [7, 11) is 4.23. The number of likely N-dealkylation sites (N-methyl/N-ethyl adjacent to an activating group) is 2. The van der Waals surface area contributed by atoms with Gasteiger partial charge in [0.25, 0.3) is 5.88 Å². The Morgan fingerprint density at radius 1 is 0.829 bits per heavy atom. The van der Waals surface area contributed by atoms with E-state index < -0.39 is 5.41 Å². The number of carbonyl (C=O) groups excluding carboxylic acids is 1. The maximum absolute atomic E-state index is 13.1. The Kier molecular flexibility index (Phi) is 8.51. The fourth-order valence-electron chi connectivity index (χ4n) is 5.05. The SMILES string of the molecule is CN1CCN(C(N)=NC(=Nc2cc(C(C)(C)c3cccc(C(=O)c4ccccc4)c3)no2)N2CCN(C)CC2)CC1. The summed E-state index contributed by atoms with van der Waals surface area (Å²) in [4.78, 5) is 31.5. The fraction of sp³-hybridized carbons (Fsp3) is 0.419. The predicted molar refractivity (Wildman–Crippen MR) is 162 cm³/mol. The molecule has 0 spiro atoms. The fourth-order valence-corrected chi connectivity index (χ4v) is 5.05. The molecule has 2 aromatic carbocycles. The van der Waals surface area contributed by atoms with E-state index in [9.17, 15) is 4.79 Å². The summed E-state index contributed by atoms with van der Waals surface area (Å²) in [5, 5.41) is 4.40. The third-order valence-corrected chi connectivity index (χ3v) is 8.06. The van der Waals surface area contributed by atoms with Crippen LogP contribution in [0.25, 0.3) is 0 Å². The van der Waals surface area contributed by atoms with Crippen molar-refractivity contribution in [2.75, 3.05) is 66.5 Å². The molecule has 0 amide bonds. The van der Waals surface area contributed by atoms with Crippen LogP contribution in [-0.4, -0.2) is 109 Å². The van der Waals surface area contributed by atoms with Crippen molar-refractivity contribution >= 4 is 23.6 Å². The Hall–Kier alpha value is -4.02. The van der Waals surface area contributed by atoms with E-state index in [-0.39, 0.29) is 5.78 Å².